The van der Waals surface area contributed by atoms with Gasteiger partial charge in [0, 0.05) is 29.6 Å². The lowest BCUT2D eigenvalue weighted by molar-refractivity contribution is 0.628. The number of imidazole rings is 1. The molecule has 5 heteroatoms. The zero-order chi connectivity index (χ0) is 13.4. The Morgan fingerprint density at radius 3 is 2.79 bits per heavy atom. The third-order valence-corrected chi connectivity index (χ3v) is 3.75. The first kappa shape index (κ1) is 12.3. The minimum Gasteiger partial charge on any atom is -0.328 e. The summed E-state index contributed by atoms with van der Waals surface area (Å²) >= 11 is 1.58. The first-order valence-corrected chi connectivity index (χ1v) is 6.99. The van der Waals surface area contributed by atoms with Gasteiger partial charge >= 0.3 is 0 Å². The van der Waals surface area contributed by atoms with Crippen molar-refractivity contribution in [3.05, 3.63) is 47.4 Å². The van der Waals surface area contributed by atoms with E-state index in [1.54, 1.807) is 23.5 Å². The van der Waals surface area contributed by atoms with Crippen molar-refractivity contribution in [1.29, 1.82) is 0 Å². The van der Waals surface area contributed by atoms with Crippen LogP contribution in [0.3, 0.4) is 0 Å². The molecule has 2 aromatic heterocycles. The Morgan fingerprint density at radius 1 is 1.37 bits per heavy atom. The molecule has 2 N–H and O–H groups in total. The number of benzene rings is 1. The molecule has 0 aliphatic carbocycles. The fraction of sp³-hybridized carbons (Fsp3) is 0.214. The smallest absolute Gasteiger partial charge is 0.194 e. The molecule has 0 spiro atoms. The van der Waals surface area contributed by atoms with E-state index in [1.807, 2.05) is 18.5 Å². The van der Waals surface area contributed by atoms with Crippen molar-refractivity contribution in [1.82, 2.24) is 9.38 Å². The van der Waals surface area contributed by atoms with Crippen molar-refractivity contribution < 1.29 is 4.39 Å². The van der Waals surface area contributed by atoms with Gasteiger partial charge in [-0.3, -0.25) is 4.40 Å². The summed E-state index contributed by atoms with van der Waals surface area (Å²) in [6.07, 6.45) is 2.74. The highest BCUT2D eigenvalue weighted by Crippen LogP contribution is 2.27. The molecule has 0 saturated carbocycles. The largest absolute Gasteiger partial charge is 0.328 e. The van der Waals surface area contributed by atoms with Crippen LogP contribution in [0.5, 0.6) is 0 Å². The molecule has 1 aromatic carbocycles. The molecule has 0 aliphatic rings. The number of aromatic nitrogens is 2. The van der Waals surface area contributed by atoms with Crippen LogP contribution in [0, 0.1) is 5.82 Å². The number of nitrogens with two attached hydrogens (primary N) is 1. The Balaban J connectivity index is 2.16. The maximum absolute atomic E-state index is 13.0. The minimum absolute atomic E-state index is 0.0546. The van der Waals surface area contributed by atoms with Crippen LogP contribution in [0.4, 0.5) is 4.39 Å². The molecule has 3 rings (SSSR count). The molecule has 0 radical (unpaired) electrons. The van der Waals surface area contributed by atoms with E-state index in [2.05, 4.69) is 9.38 Å². The molecule has 3 nitrogen and oxygen atoms in total. The summed E-state index contributed by atoms with van der Waals surface area (Å²) in [5.74, 6) is -0.237. The number of hydrogen-bond donors (Lipinski definition) is 1. The van der Waals surface area contributed by atoms with Crippen LogP contribution in [0.1, 0.15) is 12.6 Å². The molecule has 3 aromatic rings. The van der Waals surface area contributed by atoms with Gasteiger partial charge in [-0.25, -0.2) is 9.37 Å². The Bertz CT molecular complexity index is 697. The molecule has 0 aliphatic heterocycles. The van der Waals surface area contributed by atoms with Crippen LogP contribution in [0.25, 0.3) is 16.2 Å². The van der Waals surface area contributed by atoms with Crippen molar-refractivity contribution in [3.63, 3.8) is 0 Å². The van der Waals surface area contributed by atoms with E-state index in [0.29, 0.717) is 0 Å². The Labute approximate surface area is 114 Å². The number of hydrogen-bond acceptors (Lipinski definition) is 3. The number of rotatable bonds is 3. The van der Waals surface area contributed by atoms with Crippen molar-refractivity contribution in [2.45, 2.75) is 19.4 Å². The fourth-order valence-corrected chi connectivity index (χ4v) is 2.90. The van der Waals surface area contributed by atoms with Gasteiger partial charge in [0.05, 0.1) is 11.4 Å². The van der Waals surface area contributed by atoms with Crippen LogP contribution >= 0.6 is 11.3 Å². The second kappa shape index (κ2) is 4.75. The fourth-order valence-electron chi connectivity index (χ4n) is 2.17. The number of fused-ring (bicyclic) bond motifs is 1. The molecule has 1 unspecified atom stereocenters. The highest BCUT2D eigenvalue weighted by molar-refractivity contribution is 7.15. The first-order valence-electron chi connectivity index (χ1n) is 6.11. The summed E-state index contributed by atoms with van der Waals surface area (Å²) in [5.41, 5.74) is 8.81. The molecule has 98 valence electrons. The normalized spacial score (nSPS) is 13.0. The second-order valence-electron chi connectivity index (χ2n) is 4.65. The molecule has 2 heterocycles. The predicted octanol–water partition coefficient (Wildman–Crippen LogP) is 3.09. The molecular formula is C14H14FN3S. The standard InChI is InChI=1S/C14H14FN3S/c1-9(16)8-12-13(10-2-4-11(15)5-3-10)17-14-18(12)6-7-19-14/h2-7,9H,8,16H2,1H3. The average Bonchev–Trinajstić information content (AvgIpc) is 2.93. The van der Waals surface area contributed by atoms with E-state index in [9.17, 15) is 4.39 Å². The highest BCUT2D eigenvalue weighted by atomic mass is 32.1. The van der Waals surface area contributed by atoms with Crippen molar-refractivity contribution in [3.8, 4) is 11.3 Å². The van der Waals surface area contributed by atoms with E-state index in [0.717, 1.165) is 28.3 Å². The number of nitrogens with zero attached hydrogens (tertiary/aromatic N) is 2. The van der Waals surface area contributed by atoms with Crippen molar-refractivity contribution >= 4 is 16.3 Å². The predicted molar refractivity (Wildman–Crippen MR) is 75.8 cm³/mol. The third kappa shape index (κ3) is 2.27. The SMILES string of the molecule is CC(N)Cc1c(-c2ccc(F)cc2)nc2sccn12. The van der Waals surface area contributed by atoms with E-state index in [4.69, 9.17) is 5.73 Å². The quantitative estimate of drug-likeness (QED) is 0.798. The van der Waals surface area contributed by atoms with Crippen LogP contribution in [-0.4, -0.2) is 15.4 Å². The van der Waals surface area contributed by atoms with Gasteiger partial charge in [0.1, 0.15) is 5.82 Å². The van der Waals surface area contributed by atoms with Gasteiger partial charge < -0.3 is 5.73 Å². The summed E-state index contributed by atoms with van der Waals surface area (Å²) in [5, 5.41) is 2.00. The van der Waals surface area contributed by atoms with E-state index in [-0.39, 0.29) is 11.9 Å². The zero-order valence-electron chi connectivity index (χ0n) is 10.5. The average molecular weight is 275 g/mol. The van der Waals surface area contributed by atoms with Gasteiger partial charge in [-0.05, 0) is 31.2 Å². The van der Waals surface area contributed by atoms with Crippen LogP contribution in [0.15, 0.2) is 35.8 Å². The van der Waals surface area contributed by atoms with Gasteiger partial charge in [0.15, 0.2) is 4.96 Å². The minimum atomic E-state index is -0.237. The number of thiazole rings is 1. The van der Waals surface area contributed by atoms with Crippen LogP contribution < -0.4 is 5.73 Å². The van der Waals surface area contributed by atoms with Gasteiger partial charge in [-0.1, -0.05) is 0 Å². The van der Waals surface area contributed by atoms with E-state index in [1.165, 1.54) is 12.1 Å². The van der Waals surface area contributed by atoms with Gasteiger partial charge in [0.2, 0.25) is 0 Å². The molecule has 0 bridgehead atoms. The molecule has 0 saturated heterocycles. The van der Waals surface area contributed by atoms with Crippen LogP contribution in [-0.2, 0) is 6.42 Å². The lowest BCUT2D eigenvalue weighted by atomic mass is 10.1. The van der Waals surface area contributed by atoms with E-state index >= 15 is 0 Å². The summed E-state index contributed by atoms with van der Waals surface area (Å²) < 4.78 is 15.1. The maximum atomic E-state index is 13.0. The second-order valence-corrected chi connectivity index (χ2v) is 5.52. The summed E-state index contributed by atoms with van der Waals surface area (Å²) in [6, 6.07) is 6.48. The molecule has 19 heavy (non-hydrogen) atoms. The molecule has 0 fully saturated rings. The lowest BCUT2D eigenvalue weighted by Crippen LogP contribution is -2.19. The third-order valence-electron chi connectivity index (χ3n) is 2.99. The lowest BCUT2D eigenvalue weighted by Gasteiger charge is -2.07. The van der Waals surface area contributed by atoms with Gasteiger partial charge in [-0.2, -0.15) is 0 Å². The zero-order valence-corrected chi connectivity index (χ0v) is 11.3. The van der Waals surface area contributed by atoms with Gasteiger partial charge in [-0.15, -0.1) is 11.3 Å². The Kier molecular flexibility index (Phi) is 3.08. The molecule has 0 amide bonds. The number of halogens is 1. The highest BCUT2D eigenvalue weighted by Gasteiger charge is 2.15. The summed E-state index contributed by atoms with van der Waals surface area (Å²) in [4.78, 5) is 5.57. The molecule has 1 atom stereocenters. The topological polar surface area (TPSA) is 43.3 Å². The van der Waals surface area contributed by atoms with Crippen molar-refractivity contribution in [2.75, 3.05) is 0 Å². The first-order chi connectivity index (χ1) is 9.15. The Morgan fingerprint density at radius 2 is 2.11 bits per heavy atom. The monoisotopic (exact) mass is 275 g/mol. The van der Waals surface area contributed by atoms with E-state index < -0.39 is 0 Å². The van der Waals surface area contributed by atoms with Crippen LogP contribution in [0.2, 0.25) is 0 Å². The summed E-state index contributed by atoms with van der Waals surface area (Å²) in [6.45, 7) is 1.97. The van der Waals surface area contributed by atoms with Crippen molar-refractivity contribution in [2.24, 2.45) is 5.73 Å². The maximum Gasteiger partial charge on any atom is 0.194 e. The molecular weight excluding hydrogens is 261 g/mol. The summed E-state index contributed by atoms with van der Waals surface area (Å²) in [7, 11) is 0. The Hall–Kier alpha value is -1.72. The van der Waals surface area contributed by atoms with Gasteiger partial charge in [0.25, 0.3) is 0 Å².